The molecule has 8 nitrogen and oxygen atoms in total. The number of benzene rings is 1. The van der Waals surface area contributed by atoms with Crippen LogP contribution in [0.1, 0.15) is 55.9 Å². The zero-order valence-corrected chi connectivity index (χ0v) is 18.1. The summed E-state index contributed by atoms with van der Waals surface area (Å²) >= 11 is 0. The summed E-state index contributed by atoms with van der Waals surface area (Å²) in [6.45, 7) is 5.36. The summed E-state index contributed by atoms with van der Waals surface area (Å²) in [6.07, 6.45) is -4.59. The third kappa shape index (κ3) is 3.28. The van der Waals surface area contributed by atoms with Gasteiger partial charge >= 0.3 is 12.3 Å². The standard InChI is InChI=1S/C22H22F3N3O5/c1-4-7-32-19(31)27-14-9-20(2)15-16(21(14,3)33-20)18(30)28(17(15)29)12-6-5-11(10-26)13(8-12)22(23,24)25/h5-6,8,14,29-30H,4,7,9H2,1-3H3,(H,27,31)/t14-,20+,21-/m0/s1. The highest BCUT2D eigenvalue weighted by Gasteiger charge is 2.65. The van der Waals surface area contributed by atoms with Crippen molar-refractivity contribution in [3.05, 3.63) is 40.5 Å². The van der Waals surface area contributed by atoms with Gasteiger partial charge in [0.2, 0.25) is 11.8 Å². The van der Waals surface area contributed by atoms with E-state index in [0.29, 0.717) is 12.5 Å². The van der Waals surface area contributed by atoms with E-state index in [-0.39, 0.29) is 29.8 Å². The van der Waals surface area contributed by atoms with E-state index < -0.39 is 52.4 Å². The van der Waals surface area contributed by atoms with Crippen LogP contribution in [0.3, 0.4) is 0 Å². The molecule has 1 amide bonds. The largest absolute Gasteiger partial charge is 0.494 e. The molecule has 1 aromatic heterocycles. The molecule has 1 saturated heterocycles. The first-order chi connectivity index (χ1) is 15.4. The van der Waals surface area contributed by atoms with Crippen molar-refractivity contribution in [1.82, 2.24) is 9.88 Å². The minimum Gasteiger partial charge on any atom is -0.494 e. The SMILES string of the molecule is CCCOC(=O)N[C@H]1C[C@@]2(C)O[C@]1(C)c1c2c(O)n(-c2ccc(C#N)c(C(F)(F)F)c2)c1O. The molecule has 1 aromatic carbocycles. The van der Waals surface area contributed by atoms with Crippen molar-refractivity contribution in [2.45, 2.75) is 57.0 Å². The molecule has 2 aliphatic heterocycles. The highest BCUT2D eigenvalue weighted by Crippen LogP contribution is 2.64. The third-order valence-corrected chi connectivity index (χ3v) is 6.26. The molecule has 176 valence electrons. The molecular formula is C22H22F3N3O5. The Balaban J connectivity index is 1.81. The Kier molecular flexibility index (Phi) is 5.05. The number of nitrogens with one attached hydrogen (secondary N) is 1. The number of aromatic hydroxyl groups is 2. The Morgan fingerprint density at radius 3 is 2.61 bits per heavy atom. The number of halogens is 3. The number of alkyl halides is 3. The second kappa shape index (κ2) is 7.31. The average molecular weight is 465 g/mol. The van der Waals surface area contributed by atoms with Gasteiger partial charge in [-0.1, -0.05) is 6.92 Å². The van der Waals surface area contributed by atoms with Crippen LogP contribution in [0.25, 0.3) is 5.69 Å². The molecular weight excluding hydrogens is 443 g/mol. The maximum absolute atomic E-state index is 13.5. The van der Waals surface area contributed by atoms with Gasteiger partial charge in [0.25, 0.3) is 0 Å². The van der Waals surface area contributed by atoms with Gasteiger partial charge in [0, 0.05) is 6.42 Å². The van der Waals surface area contributed by atoms with E-state index in [0.717, 1.165) is 10.6 Å². The highest BCUT2D eigenvalue weighted by atomic mass is 19.4. The Hall–Kier alpha value is -3.39. The lowest BCUT2D eigenvalue weighted by molar-refractivity contribution is -0.137. The summed E-state index contributed by atoms with van der Waals surface area (Å²) in [4.78, 5) is 12.1. The van der Waals surface area contributed by atoms with Crippen LogP contribution >= 0.6 is 0 Å². The molecule has 3 heterocycles. The Bertz CT molecular complexity index is 1190. The molecule has 0 saturated carbocycles. The monoisotopic (exact) mass is 465 g/mol. The van der Waals surface area contributed by atoms with E-state index in [1.165, 1.54) is 12.1 Å². The molecule has 2 aromatic rings. The van der Waals surface area contributed by atoms with Crippen LogP contribution in [0.4, 0.5) is 18.0 Å². The topological polar surface area (TPSA) is 117 Å². The number of rotatable bonds is 4. The molecule has 4 rings (SSSR count). The fraction of sp³-hybridized carbons (Fsp3) is 0.455. The maximum Gasteiger partial charge on any atom is 0.417 e. The normalized spacial score (nSPS) is 25.5. The van der Waals surface area contributed by atoms with Crippen molar-refractivity contribution in [1.29, 1.82) is 5.26 Å². The van der Waals surface area contributed by atoms with Crippen molar-refractivity contribution in [3.8, 4) is 23.5 Å². The molecule has 1 fully saturated rings. The predicted octanol–water partition coefficient (Wildman–Crippen LogP) is 4.15. The number of nitrogens with zero attached hydrogens (tertiary/aromatic N) is 2. The zero-order valence-electron chi connectivity index (χ0n) is 18.1. The van der Waals surface area contributed by atoms with Crippen LogP contribution < -0.4 is 5.32 Å². The molecule has 3 N–H and O–H groups in total. The Morgan fingerprint density at radius 1 is 1.33 bits per heavy atom. The molecule has 11 heteroatoms. The van der Waals surface area contributed by atoms with Crippen LogP contribution in [-0.4, -0.2) is 33.5 Å². The average Bonchev–Trinajstić information content (AvgIpc) is 3.26. The number of hydrogen-bond donors (Lipinski definition) is 3. The lowest BCUT2D eigenvalue weighted by Crippen LogP contribution is -2.47. The van der Waals surface area contributed by atoms with Crippen molar-refractivity contribution < 1.29 is 37.7 Å². The fourth-order valence-electron chi connectivity index (χ4n) is 4.88. The van der Waals surface area contributed by atoms with Crippen molar-refractivity contribution in [2.24, 2.45) is 0 Å². The van der Waals surface area contributed by atoms with Crippen molar-refractivity contribution in [3.63, 3.8) is 0 Å². The van der Waals surface area contributed by atoms with Crippen molar-refractivity contribution in [2.75, 3.05) is 6.61 Å². The molecule has 0 aliphatic carbocycles. The lowest BCUT2D eigenvalue weighted by atomic mass is 9.76. The van der Waals surface area contributed by atoms with Crippen molar-refractivity contribution >= 4 is 6.09 Å². The molecule has 2 bridgehead atoms. The lowest BCUT2D eigenvalue weighted by Gasteiger charge is -2.30. The number of nitriles is 1. The van der Waals surface area contributed by atoms with Gasteiger partial charge in [-0.15, -0.1) is 0 Å². The molecule has 0 unspecified atom stereocenters. The van der Waals surface area contributed by atoms with Crippen LogP contribution in [0.2, 0.25) is 0 Å². The maximum atomic E-state index is 13.5. The van der Waals surface area contributed by atoms with E-state index >= 15 is 0 Å². The van der Waals surface area contributed by atoms with Crippen LogP contribution in [-0.2, 0) is 26.9 Å². The number of carbonyl (C=O) groups is 1. The summed E-state index contributed by atoms with van der Waals surface area (Å²) in [5, 5.41) is 33.7. The van der Waals surface area contributed by atoms with E-state index in [4.69, 9.17) is 14.7 Å². The van der Waals surface area contributed by atoms with Gasteiger partial charge in [0.05, 0.1) is 52.3 Å². The van der Waals surface area contributed by atoms with E-state index in [2.05, 4.69) is 5.32 Å². The first-order valence-corrected chi connectivity index (χ1v) is 10.3. The number of aromatic nitrogens is 1. The van der Waals surface area contributed by atoms with Crippen LogP contribution in [0.5, 0.6) is 11.8 Å². The van der Waals surface area contributed by atoms with Gasteiger partial charge in [-0.3, -0.25) is 4.57 Å². The first kappa shape index (κ1) is 22.8. The summed E-state index contributed by atoms with van der Waals surface area (Å²) in [5.41, 5.74) is -3.91. The van der Waals surface area contributed by atoms with Gasteiger partial charge < -0.3 is 25.0 Å². The van der Waals surface area contributed by atoms with Crippen LogP contribution in [0, 0.1) is 11.3 Å². The fourth-order valence-corrected chi connectivity index (χ4v) is 4.88. The number of carbonyl (C=O) groups excluding carboxylic acids is 1. The summed E-state index contributed by atoms with van der Waals surface area (Å²) in [6, 6.07) is 3.75. The number of ether oxygens (including phenoxy) is 2. The molecule has 0 spiro atoms. The molecule has 2 aliphatic rings. The smallest absolute Gasteiger partial charge is 0.417 e. The second-order valence-electron chi connectivity index (χ2n) is 8.55. The van der Waals surface area contributed by atoms with Gasteiger partial charge in [-0.2, -0.15) is 18.4 Å². The summed E-state index contributed by atoms with van der Waals surface area (Å²) in [7, 11) is 0. The second-order valence-corrected chi connectivity index (χ2v) is 8.55. The minimum absolute atomic E-state index is 0.174. The van der Waals surface area contributed by atoms with Gasteiger partial charge in [0.15, 0.2) is 0 Å². The van der Waals surface area contributed by atoms with E-state index in [1.807, 2.05) is 6.92 Å². The zero-order chi connectivity index (χ0) is 24.3. The first-order valence-electron chi connectivity index (χ1n) is 10.3. The molecule has 3 atom stereocenters. The number of alkyl carbamates (subject to hydrolysis) is 1. The predicted molar refractivity (Wildman–Crippen MR) is 108 cm³/mol. The number of amides is 1. The Labute approximate surface area is 187 Å². The van der Waals surface area contributed by atoms with E-state index in [1.54, 1.807) is 13.8 Å². The van der Waals surface area contributed by atoms with Gasteiger partial charge in [-0.25, -0.2) is 4.79 Å². The number of fused-ring (bicyclic) bond motifs is 5. The van der Waals surface area contributed by atoms with E-state index in [9.17, 15) is 28.2 Å². The number of hydrogen-bond acceptors (Lipinski definition) is 6. The Morgan fingerprint density at radius 2 is 2.00 bits per heavy atom. The van der Waals surface area contributed by atoms with Crippen LogP contribution in [0.15, 0.2) is 18.2 Å². The van der Waals surface area contributed by atoms with Gasteiger partial charge in [-0.05, 0) is 38.5 Å². The van der Waals surface area contributed by atoms with Gasteiger partial charge in [0.1, 0.15) is 5.60 Å². The summed E-state index contributed by atoms with van der Waals surface area (Å²) < 4.78 is 52.4. The minimum atomic E-state index is -4.81. The summed E-state index contributed by atoms with van der Waals surface area (Å²) in [5.74, 6) is -0.987. The molecule has 0 radical (unpaired) electrons. The highest BCUT2D eigenvalue weighted by molar-refractivity contribution is 5.69. The molecule has 33 heavy (non-hydrogen) atoms. The quantitative estimate of drug-likeness (QED) is 0.625. The third-order valence-electron chi connectivity index (χ3n) is 6.26.